The number of likely N-dealkylation sites (tertiary alicyclic amines) is 1. The predicted molar refractivity (Wildman–Crippen MR) is 118 cm³/mol. The van der Waals surface area contributed by atoms with E-state index in [0.29, 0.717) is 24.4 Å². The van der Waals surface area contributed by atoms with E-state index in [1.807, 2.05) is 18.2 Å². The molecule has 2 aromatic rings. The Balaban J connectivity index is 1.72. The van der Waals surface area contributed by atoms with Crippen LogP contribution in [0.4, 0.5) is 0 Å². The summed E-state index contributed by atoms with van der Waals surface area (Å²) in [6, 6.07) is 15.5. The molecular weight excluding hydrogens is 394 g/mol. The average molecular weight is 421 g/mol. The summed E-state index contributed by atoms with van der Waals surface area (Å²) >= 11 is 0. The molecule has 1 atom stereocenters. The molecule has 162 valence electrons. The number of amides is 1. The molecule has 2 aliphatic rings. The quantitative estimate of drug-likeness (QED) is 0.422. The highest BCUT2D eigenvalue weighted by Crippen LogP contribution is 2.39. The molecule has 2 N–H and O–H groups in total. The number of hydrogen-bond donors (Lipinski definition) is 2. The molecule has 0 aromatic heterocycles. The third kappa shape index (κ3) is 4.33. The monoisotopic (exact) mass is 421 g/mol. The second-order valence-corrected chi connectivity index (χ2v) is 7.72. The number of piperazine rings is 1. The number of nitrogens with one attached hydrogen (secondary N) is 1. The number of ketones is 1. The molecule has 0 aliphatic carbocycles. The lowest BCUT2D eigenvalue weighted by Gasteiger charge is -2.31. The van der Waals surface area contributed by atoms with Gasteiger partial charge in [-0.3, -0.25) is 14.5 Å². The van der Waals surface area contributed by atoms with Crippen LogP contribution in [0.3, 0.4) is 0 Å². The van der Waals surface area contributed by atoms with Crippen molar-refractivity contribution in [2.75, 3.05) is 46.4 Å². The van der Waals surface area contributed by atoms with Crippen molar-refractivity contribution in [3.05, 3.63) is 71.3 Å². The molecule has 2 aromatic carbocycles. The maximum atomic E-state index is 13.0. The highest BCUT2D eigenvalue weighted by atomic mass is 16.5. The topological polar surface area (TPSA) is 82.1 Å². The molecule has 4 rings (SSSR count). The fourth-order valence-corrected chi connectivity index (χ4v) is 4.18. The zero-order valence-corrected chi connectivity index (χ0v) is 17.6. The largest absolute Gasteiger partial charge is 0.507 e. The molecule has 31 heavy (non-hydrogen) atoms. The normalized spacial score (nSPS) is 21.5. The summed E-state index contributed by atoms with van der Waals surface area (Å²) in [6.07, 6.45) is 0. The third-order valence-electron chi connectivity index (χ3n) is 5.89. The van der Waals surface area contributed by atoms with Gasteiger partial charge in [-0.1, -0.05) is 42.5 Å². The Hall–Kier alpha value is -3.16. The number of carbonyl (C=O) groups excluding carboxylic acids is 2. The van der Waals surface area contributed by atoms with Crippen molar-refractivity contribution in [2.24, 2.45) is 0 Å². The van der Waals surface area contributed by atoms with E-state index < -0.39 is 17.7 Å². The number of methoxy groups -OCH3 is 1. The summed E-state index contributed by atoms with van der Waals surface area (Å²) in [6.45, 7) is 4.71. The molecule has 2 saturated heterocycles. The van der Waals surface area contributed by atoms with Gasteiger partial charge in [0.2, 0.25) is 0 Å². The van der Waals surface area contributed by atoms with Crippen LogP contribution in [0.15, 0.2) is 60.2 Å². The SMILES string of the molecule is COc1ccc([C@H]2C(=C(O)c3ccccc3)C(=O)C(=O)N2CCN2CCNCC2)cc1. The molecule has 2 heterocycles. The minimum Gasteiger partial charge on any atom is -0.507 e. The van der Waals surface area contributed by atoms with E-state index in [2.05, 4.69) is 10.2 Å². The summed E-state index contributed by atoms with van der Waals surface area (Å²) in [5.74, 6) is -0.690. The van der Waals surface area contributed by atoms with Crippen molar-refractivity contribution < 1.29 is 19.4 Å². The van der Waals surface area contributed by atoms with Gasteiger partial charge in [0.25, 0.3) is 11.7 Å². The Morgan fingerprint density at radius 1 is 1.03 bits per heavy atom. The van der Waals surface area contributed by atoms with E-state index >= 15 is 0 Å². The molecule has 0 saturated carbocycles. The van der Waals surface area contributed by atoms with Gasteiger partial charge in [-0.15, -0.1) is 0 Å². The smallest absolute Gasteiger partial charge is 0.295 e. The summed E-state index contributed by atoms with van der Waals surface area (Å²) in [4.78, 5) is 29.9. The molecule has 1 amide bonds. The second kappa shape index (κ2) is 9.32. The van der Waals surface area contributed by atoms with Crippen LogP contribution in [-0.4, -0.2) is 73.0 Å². The second-order valence-electron chi connectivity index (χ2n) is 7.72. The average Bonchev–Trinajstić information content (AvgIpc) is 3.08. The molecule has 0 bridgehead atoms. The first-order valence-electron chi connectivity index (χ1n) is 10.5. The Bertz CT molecular complexity index is 966. The van der Waals surface area contributed by atoms with Crippen LogP contribution in [0.25, 0.3) is 5.76 Å². The van der Waals surface area contributed by atoms with Gasteiger partial charge >= 0.3 is 0 Å². The zero-order valence-electron chi connectivity index (χ0n) is 17.6. The number of benzene rings is 2. The number of Topliss-reactive ketones (excluding diaryl/α,β-unsaturated/α-hetero) is 1. The third-order valence-corrected chi connectivity index (χ3v) is 5.89. The summed E-state index contributed by atoms with van der Waals surface area (Å²) < 4.78 is 5.25. The number of rotatable bonds is 6. The number of aliphatic hydroxyl groups excluding tert-OH is 1. The van der Waals surface area contributed by atoms with E-state index in [1.54, 1.807) is 48.4 Å². The van der Waals surface area contributed by atoms with Crippen LogP contribution in [0.5, 0.6) is 5.75 Å². The lowest BCUT2D eigenvalue weighted by Crippen LogP contribution is -2.46. The Labute approximate surface area is 181 Å². The van der Waals surface area contributed by atoms with Crippen molar-refractivity contribution in [1.82, 2.24) is 15.1 Å². The van der Waals surface area contributed by atoms with Crippen molar-refractivity contribution in [3.8, 4) is 5.75 Å². The molecule has 2 aliphatic heterocycles. The fraction of sp³-hybridized carbons (Fsp3) is 0.333. The highest BCUT2D eigenvalue weighted by molar-refractivity contribution is 6.46. The van der Waals surface area contributed by atoms with Crippen LogP contribution in [0.1, 0.15) is 17.2 Å². The van der Waals surface area contributed by atoms with Crippen LogP contribution in [0.2, 0.25) is 0 Å². The molecular formula is C24H27N3O4. The van der Waals surface area contributed by atoms with Crippen molar-refractivity contribution in [2.45, 2.75) is 6.04 Å². The Morgan fingerprint density at radius 2 is 1.71 bits per heavy atom. The lowest BCUT2D eigenvalue weighted by molar-refractivity contribution is -0.140. The van der Waals surface area contributed by atoms with Gasteiger partial charge in [-0.2, -0.15) is 0 Å². The molecule has 2 fully saturated rings. The van der Waals surface area contributed by atoms with E-state index in [4.69, 9.17) is 4.74 Å². The predicted octanol–water partition coefficient (Wildman–Crippen LogP) is 2.02. The minimum absolute atomic E-state index is 0.127. The number of aliphatic hydroxyl groups is 1. The molecule has 0 spiro atoms. The maximum Gasteiger partial charge on any atom is 0.295 e. The standard InChI is InChI=1S/C24H27N3O4/c1-31-19-9-7-17(8-10-19)21-20(22(28)18-5-3-2-4-6-18)23(29)24(30)27(21)16-15-26-13-11-25-12-14-26/h2-10,21,25,28H,11-16H2,1H3/t21-/m0/s1. The van der Waals surface area contributed by atoms with Gasteiger partial charge in [-0.25, -0.2) is 0 Å². The Morgan fingerprint density at radius 3 is 2.35 bits per heavy atom. The first-order valence-corrected chi connectivity index (χ1v) is 10.5. The van der Waals surface area contributed by atoms with Crippen LogP contribution in [0, 0.1) is 0 Å². The first-order chi connectivity index (χ1) is 15.1. The van der Waals surface area contributed by atoms with E-state index in [-0.39, 0.29) is 11.3 Å². The van der Waals surface area contributed by atoms with Crippen LogP contribution < -0.4 is 10.1 Å². The van der Waals surface area contributed by atoms with E-state index in [1.165, 1.54) is 0 Å². The van der Waals surface area contributed by atoms with Gasteiger partial charge in [0.1, 0.15) is 11.5 Å². The number of carbonyl (C=O) groups is 2. The van der Waals surface area contributed by atoms with E-state index in [9.17, 15) is 14.7 Å². The molecule has 0 unspecified atom stereocenters. The molecule has 7 heteroatoms. The number of hydrogen-bond acceptors (Lipinski definition) is 6. The van der Waals surface area contributed by atoms with Crippen molar-refractivity contribution in [1.29, 1.82) is 0 Å². The van der Waals surface area contributed by atoms with Crippen molar-refractivity contribution >= 4 is 17.4 Å². The summed E-state index contributed by atoms with van der Waals surface area (Å²) in [7, 11) is 1.59. The first kappa shape index (κ1) is 21.1. The van der Waals surface area contributed by atoms with Gasteiger partial charge in [-0.05, 0) is 17.7 Å². The van der Waals surface area contributed by atoms with Gasteiger partial charge in [0.05, 0.1) is 18.7 Å². The van der Waals surface area contributed by atoms with Crippen molar-refractivity contribution in [3.63, 3.8) is 0 Å². The molecule has 0 radical (unpaired) electrons. The van der Waals surface area contributed by atoms with Gasteiger partial charge in [0, 0.05) is 44.8 Å². The number of ether oxygens (including phenoxy) is 1. The van der Waals surface area contributed by atoms with Crippen LogP contribution >= 0.6 is 0 Å². The summed E-state index contributed by atoms with van der Waals surface area (Å²) in [5.41, 5.74) is 1.40. The molecule has 7 nitrogen and oxygen atoms in total. The number of nitrogens with zero attached hydrogens (tertiary/aromatic N) is 2. The highest BCUT2D eigenvalue weighted by Gasteiger charge is 2.46. The van der Waals surface area contributed by atoms with E-state index in [0.717, 1.165) is 31.7 Å². The van der Waals surface area contributed by atoms with Crippen LogP contribution in [-0.2, 0) is 9.59 Å². The van der Waals surface area contributed by atoms with Gasteiger partial charge in [0.15, 0.2) is 0 Å². The maximum absolute atomic E-state index is 13.0. The fourth-order valence-electron chi connectivity index (χ4n) is 4.18. The Kier molecular flexibility index (Phi) is 6.34. The minimum atomic E-state index is -0.650. The lowest BCUT2D eigenvalue weighted by atomic mass is 9.95. The van der Waals surface area contributed by atoms with Gasteiger partial charge < -0.3 is 20.1 Å². The zero-order chi connectivity index (χ0) is 21.8. The summed E-state index contributed by atoms with van der Waals surface area (Å²) in [5, 5.41) is 14.3.